The molecule has 2 heterocycles. The third-order valence-corrected chi connectivity index (χ3v) is 5.16. The van der Waals surface area contributed by atoms with Crippen LogP contribution in [-0.4, -0.2) is 44.1 Å². The molecule has 0 radical (unpaired) electrons. The van der Waals surface area contributed by atoms with Gasteiger partial charge in [0.15, 0.2) is 6.10 Å². The van der Waals surface area contributed by atoms with Crippen molar-refractivity contribution >= 4 is 22.4 Å². The molecule has 2 aromatic rings. The van der Waals surface area contributed by atoms with Crippen LogP contribution in [0.3, 0.4) is 0 Å². The summed E-state index contributed by atoms with van der Waals surface area (Å²) in [6.07, 6.45) is 1.82. The highest BCUT2D eigenvalue weighted by molar-refractivity contribution is 6.01. The van der Waals surface area contributed by atoms with Gasteiger partial charge in [-0.05, 0) is 28.8 Å². The van der Waals surface area contributed by atoms with Crippen molar-refractivity contribution in [1.29, 1.82) is 0 Å². The average molecular weight is 382 g/mol. The molecule has 0 saturated carbocycles. The Labute approximate surface area is 164 Å². The monoisotopic (exact) mass is 382 g/mol. The molecule has 1 N–H and O–H groups in total. The molecule has 28 heavy (non-hydrogen) atoms. The summed E-state index contributed by atoms with van der Waals surface area (Å²) in [5.74, 6) is 0.425. The lowest BCUT2D eigenvalue weighted by Crippen LogP contribution is -2.31. The smallest absolute Gasteiger partial charge is 0.225 e. The van der Waals surface area contributed by atoms with E-state index in [1.54, 1.807) is 0 Å². The maximum absolute atomic E-state index is 12.0. The summed E-state index contributed by atoms with van der Waals surface area (Å²) in [5, 5.41) is 9.45. The number of nitrogens with zero attached hydrogens (tertiary/aromatic N) is 1. The zero-order valence-electron chi connectivity index (χ0n) is 15.9. The molecule has 4 rings (SSSR count). The minimum absolute atomic E-state index is 0.00742. The summed E-state index contributed by atoms with van der Waals surface area (Å²) in [6.45, 7) is 3.19. The molecular formula is C22H26N2O4. The van der Waals surface area contributed by atoms with E-state index in [9.17, 15) is 4.79 Å². The highest BCUT2D eigenvalue weighted by Crippen LogP contribution is 2.18. The third-order valence-electron chi connectivity index (χ3n) is 5.16. The fourth-order valence-electron chi connectivity index (χ4n) is 3.57. The van der Waals surface area contributed by atoms with Crippen LogP contribution in [0.2, 0.25) is 0 Å². The van der Waals surface area contributed by atoms with Crippen LogP contribution >= 0.6 is 0 Å². The molecular weight excluding hydrogens is 356 g/mol. The van der Waals surface area contributed by atoms with Crippen molar-refractivity contribution in [1.82, 2.24) is 5.32 Å². The lowest BCUT2D eigenvalue weighted by molar-refractivity contribution is -0.120. The van der Waals surface area contributed by atoms with Gasteiger partial charge in [-0.1, -0.05) is 41.6 Å². The van der Waals surface area contributed by atoms with Crippen molar-refractivity contribution in [3.8, 4) is 0 Å². The van der Waals surface area contributed by atoms with E-state index < -0.39 is 0 Å². The molecule has 0 aromatic heterocycles. The number of ether oxygens (including phenoxy) is 2. The average Bonchev–Trinajstić information content (AvgIpc) is 3.38. The van der Waals surface area contributed by atoms with Gasteiger partial charge in [0.1, 0.15) is 0 Å². The molecule has 0 spiro atoms. The van der Waals surface area contributed by atoms with Gasteiger partial charge in [-0.25, -0.2) is 0 Å². The molecule has 0 aliphatic carbocycles. The van der Waals surface area contributed by atoms with Gasteiger partial charge in [-0.15, -0.1) is 0 Å². The molecule has 6 heteroatoms. The van der Waals surface area contributed by atoms with Crippen LogP contribution in [0.15, 0.2) is 47.6 Å². The first-order valence-electron chi connectivity index (χ1n) is 9.88. The van der Waals surface area contributed by atoms with Gasteiger partial charge >= 0.3 is 0 Å². The molecule has 148 valence electrons. The molecule has 2 aromatic carbocycles. The van der Waals surface area contributed by atoms with Gasteiger partial charge in [0.25, 0.3) is 0 Å². The summed E-state index contributed by atoms with van der Waals surface area (Å²) in [4.78, 5) is 17.5. The van der Waals surface area contributed by atoms with Gasteiger partial charge < -0.3 is 19.6 Å². The second kappa shape index (κ2) is 9.17. The fourth-order valence-corrected chi connectivity index (χ4v) is 3.57. The number of benzene rings is 2. The van der Waals surface area contributed by atoms with Crippen LogP contribution in [0.1, 0.15) is 24.8 Å². The first-order chi connectivity index (χ1) is 13.8. The van der Waals surface area contributed by atoms with Gasteiger partial charge in [0.2, 0.25) is 5.91 Å². The molecule has 1 amide bonds. The summed E-state index contributed by atoms with van der Waals surface area (Å²) < 4.78 is 11.1. The molecule has 2 unspecified atom stereocenters. The molecule has 1 saturated heterocycles. The van der Waals surface area contributed by atoms with Crippen molar-refractivity contribution < 1.29 is 19.1 Å². The van der Waals surface area contributed by atoms with Crippen molar-refractivity contribution in [2.75, 3.05) is 26.4 Å². The van der Waals surface area contributed by atoms with Crippen LogP contribution < -0.4 is 5.32 Å². The number of oxime groups is 1. The molecule has 0 bridgehead atoms. The second-order valence-electron chi connectivity index (χ2n) is 7.50. The number of hydrogen-bond donors (Lipinski definition) is 1. The van der Waals surface area contributed by atoms with Crippen LogP contribution in [0, 0.1) is 5.92 Å². The minimum Gasteiger partial charge on any atom is -0.390 e. The number of hydrogen-bond acceptors (Lipinski definition) is 5. The Morgan fingerprint density at radius 1 is 1.21 bits per heavy atom. The zero-order valence-corrected chi connectivity index (χ0v) is 15.9. The van der Waals surface area contributed by atoms with Crippen molar-refractivity contribution in [3.05, 3.63) is 48.0 Å². The zero-order chi connectivity index (χ0) is 19.2. The molecule has 2 atom stereocenters. The largest absolute Gasteiger partial charge is 0.390 e. The topological polar surface area (TPSA) is 69.2 Å². The Kier molecular flexibility index (Phi) is 6.19. The Morgan fingerprint density at radius 2 is 2.11 bits per heavy atom. The molecule has 2 aliphatic heterocycles. The SMILES string of the molecule is O=C(CC1=NOC(COCc2ccc3ccccc3c2)C1)NCC1CCOC1. The van der Waals surface area contributed by atoms with Crippen molar-refractivity contribution in [3.63, 3.8) is 0 Å². The van der Waals surface area contributed by atoms with Crippen molar-refractivity contribution in [2.24, 2.45) is 11.1 Å². The molecule has 2 aliphatic rings. The standard InChI is InChI=1S/C22H26N2O4/c25-22(23-12-17-7-8-26-14-17)11-20-10-21(28-24-20)15-27-13-16-5-6-18-3-1-2-4-19(18)9-16/h1-6,9,17,21H,7-8,10-15H2,(H,23,25). The Balaban J connectivity index is 1.15. The first-order valence-corrected chi connectivity index (χ1v) is 9.88. The van der Waals surface area contributed by atoms with Crippen LogP contribution in [-0.2, 0) is 25.7 Å². The number of carbonyl (C=O) groups is 1. The van der Waals surface area contributed by atoms with E-state index in [0.29, 0.717) is 32.1 Å². The summed E-state index contributed by atoms with van der Waals surface area (Å²) in [7, 11) is 0. The Morgan fingerprint density at radius 3 is 2.96 bits per heavy atom. The number of nitrogens with one attached hydrogen (secondary N) is 1. The number of fused-ring (bicyclic) bond motifs is 1. The quantitative estimate of drug-likeness (QED) is 0.762. The molecule has 1 fully saturated rings. The highest BCUT2D eigenvalue weighted by Gasteiger charge is 2.23. The van der Waals surface area contributed by atoms with Crippen LogP contribution in [0.4, 0.5) is 0 Å². The van der Waals surface area contributed by atoms with E-state index in [0.717, 1.165) is 30.9 Å². The molecule has 6 nitrogen and oxygen atoms in total. The maximum atomic E-state index is 12.0. The van der Waals surface area contributed by atoms with Crippen molar-refractivity contribution in [2.45, 2.75) is 32.0 Å². The number of carbonyl (C=O) groups excluding carboxylic acids is 1. The van der Waals surface area contributed by atoms with E-state index in [2.05, 4.69) is 40.8 Å². The predicted octanol–water partition coefficient (Wildman–Crippen LogP) is 3.04. The summed E-state index contributed by atoms with van der Waals surface area (Å²) >= 11 is 0. The number of amides is 1. The van der Waals surface area contributed by atoms with Gasteiger partial charge in [-0.3, -0.25) is 4.79 Å². The third kappa shape index (κ3) is 5.09. The van der Waals surface area contributed by atoms with Gasteiger partial charge in [-0.2, -0.15) is 0 Å². The normalized spacial score (nSPS) is 21.5. The maximum Gasteiger partial charge on any atom is 0.225 e. The predicted molar refractivity (Wildman–Crippen MR) is 107 cm³/mol. The van der Waals surface area contributed by atoms with E-state index in [1.165, 1.54) is 10.8 Å². The van der Waals surface area contributed by atoms with E-state index in [-0.39, 0.29) is 18.4 Å². The fraction of sp³-hybridized carbons (Fsp3) is 0.455. The number of rotatable bonds is 8. The lowest BCUT2D eigenvalue weighted by Gasteiger charge is -2.10. The lowest BCUT2D eigenvalue weighted by atomic mass is 10.1. The van der Waals surface area contributed by atoms with Gasteiger partial charge in [0, 0.05) is 25.5 Å². The van der Waals surface area contributed by atoms with E-state index in [1.807, 2.05) is 12.1 Å². The van der Waals surface area contributed by atoms with Crippen LogP contribution in [0.5, 0.6) is 0 Å². The first kappa shape index (κ1) is 18.9. The minimum atomic E-state index is -0.119. The van der Waals surface area contributed by atoms with E-state index in [4.69, 9.17) is 14.3 Å². The van der Waals surface area contributed by atoms with Crippen LogP contribution in [0.25, 0.3) is 10.8 Å². The summed E-state index contributed by atoms with van der Waals surface area (Å²) in [6, 6.07) is 14.6. The van der Waals surface area contributed by atoms with Gasteiger partial charge in [0.05, 0.1) is 32.0 Å². The Bertz CT molecular complexity index is 845. The van der Waals surface area contributed by atoms with E-state index >= 15 is 0 Å². The Hall–Kier alpha value is -2.44. The second-order valence-corrected chi connectivity index (χ2v) is 7.50. The summed E-state index contributed by atoms with van der Waals surface area (Å²) in [5.41, 5.74) is 1.91. The highest BCUT2D eigenvalue weighted by atomic mass is 16.7.